The Morgan fingerprint density at radius 1 is 1.04 bits per heavy atom. The zero-order valence-corrected chi connectivity index (χ0v) is 14.7. The number of benzene rings is 2. The van der Waals surface area contributed by atoms with Gasteiger partial charge in [0.25, 0.3) is 0 Å². The molecule has 0 bridgehead atoms. The molecule has 6 N–H and O–H groups in total. The standard InChI is InChI=1S/C19H23N3O5/c20-18(25)22-15-8-6-14(7-9-15)17(24)16(23)10-11-21-19(26)27-12-13-4-2-1-3-5-13/h1-9,16-17,23-24H,10-12H2,(H,21,26)(H3,20,22,25). The van der Waals surface area contributed by atoms with Gasteiger partial charge in [-0.1, -0.05) is 42.5 Å². The molecule has 0 saturated carbocycles. The highest BCUT2D eigenvalue weighted by Gasteiger charge is 2.18. The Hall–Kier alpha value is -3.10. The van der Waals surface area contributed by atoms with Crippen molar-refractivity contribution in [2.75, 3.05) is 11.9 Å². The van der Waals surface area contributed by atoms with E-state index in [1.807, 2.05) is 30.3 Å². The van der Waals surface area contributed by atoms with E-state index < -0.39 is 24.3 Å². The van der Waals surface area contributed by atoms with Crippen molar-refractivity contribution < 1.29 is 24.5 Å². The Labute approximate surface area is 157 Å². The van der Waals surface area contributed by atoms with Crippen molar-refractivity contribution in [2.24, 2.45) is 5.73 Å². The molecule has 8 heteroatoms. The molecule has 0 heterocycles. The van der Waals surface area contributed by atoms with Gasteiger partial charge in [-0.3, -0.25) is 0 Å². The average molecular weight is 373 g/mol. The summed E-state index contributed by atoms with van der Waals surface area (Å²) in [5, 5.41) is 25.2. The number of hydrogen-bond donors (Lipinski definition) is 5. The molecule has 2 unspecified atom stereocenters. The fourth-order valence-corrected chi connectivity index (χ4v) is 2.38. The predicted molar refractivity (Wildman–Crippen MR) is 99.9 cm³/mol. The fraction of sp³-hybridized carbons (Fsp3) is 0.263. The van der Waals surface area contributed by atoms with E-state index in [0.29, 0.717) is 11.3 Å². The lowest BCUT2D eigenvalue weighted by molar-refractivity contribution is 0.0136. The van der Waals surface area contributed by atoms with Gasteiger partial charge < -0.3 is 31.3 Å². The maximum absolute atomic E-state index is 11.6. The smallest absolute Gasteiger partial charge is 0.407 e. The Morgan fingerprint density at radius 2 is 1.70 bits per heavy atom. The Balaban J connectivity index is 1.71. The van der Waals surface area contributed by atoms with Crippen LogP contribution in [0.4, 0.5) is 15.3 Å². The van der Waals surface area contributed by atoms with E-state index in [0.717, 1.165) is 5.56 Å². The number of primary amides is 1. The number of aliphatic hydroxyl groups is 2. The van der Waals surface area contributed by atoms with E-state index in [2.05, 4.69) is 10.6 Å². The van der Waals surface area contributed by atoms with Crippen LogP contribution in [0.15, 0.2) is 54.6 Å². The minimum Gasteiger partial charge on any atom is -0.445 e. The van der Waals surface area contributed by atoms with Crippen LogP contribution in [0.25, 0.3) is 0 Å². The molecule has 2 aromatic carbocycles. The molecule has 144 valence electrons. The minimum atomic E-state index is -1.13. The lowest BCUT2D eigenvalue weighted by atomic mass is 10.0. The van der Waals surface area contributed by atoms with E-state index in [9.17, 15) is 19.8 Å². The predicted octanol–water partition coefficient (Wildman–Crippen LogP) is 1.89. The molecule has 0 radical (unpaired) electrons. The van der Waals surface area contributed by atoms with Crippen molar-refractivity contribution in [3.8, 4) is 0 Å². The SMILES string of the molecule is NC(=O)Nc1ccc(C(O)C(O)CCNC(=O)OCc2ccccc2)cc1. The van der Waals surface area contributed by atoms with Crippen molar-refractivity contribution in [2.45, 2.75) is 25.2 Å². The molecule has 0 aromatic heterocycles. The van der Waals surface area contributed by atoms with Gasteiger partial charge in [0.15, 0.2) is 0 Å². The highest BCUT2D eigenvalue weighted by Crippen LogP contribution is 2.20. The number of urea groups is 1. The van der Waals surface area contributed by atoms with Crippen LogP contribution in [-0.4, -0.2) is 35.0 Å². The summed E-state index contributed by atoms with van der Waals surface area (Å²) >= 11 is 0. The van der Waals surface area contributed by atoms with Crippen molar-refractivity contribution in [3.63, 3.8) is 0 Å². The van der Waals surface area contributed by atoms with Gasteiger partial charge in [0.1, 0.15) is 12.7 Å². The number of carbonyl (C=O) groups excluding carboxylic acids is 2. The molecule has 0 fully saturated rings. The van der Waals surface area contributed by atoms with E-state index in [1.165, 1.54) is 0 Å². The van der Waals surface area contributed by atoms with Gasteiger partial charge in [-0.05, 0) is 29.7 Å². The lowest BCUT2D eigenvalue weighted by Crippen LogP contribution is -2.29. The third-order valence-corrected chi connectivity index (χ3v) is 3.81. The number of hydrogen-bond acceptors (Lipinski definition) is 5. The second-order valence-electron chi connectivity index (χ2n) is 5.90. The molecular formula is C19H23N3O5. The number of nitrogens with one attached hydrogen (secondary N) is 2. The van der Waals surface area contributed by atoms with Crippen LogP contribution in [0.1, 0.15) is 23.7 Å². The van der Waals surface area contributed by atoms with Gasteiger partial charge >= 0.3 is 12.1 Å². The van der Waals surface area contributed by atoms with Crippen LogP contribution in [-0.2, 0) is 11.3 Å². The summed E-state index contributed by atoms with van der Waals surface area (Å²) in [4.78, 5) is 22.4. The topological polar surface area (TPSA) is 134 Å². The first-order valence-electron chi connectivity index (χ1n) is 8.43. The largest absolute Gasteiger partial charge is 0.445 e. The fourth-order valence-electron chi connectivity index (χ4n) is 2.38. The monoisotopic (exact) mass is 373 g/mol. The molecule has 3 amide bonds. The van der Waals surface area contributed by atoms with E-state index in [4.69, 9.17) is 10.5 Å². The van der Waals surface area contributed by atoms with E-state index in [1.54, 1.807) is 24.3 Å². The number of carbonyl (C=O) groups is 2. The summed E-state index contributed by atoms with van der Waals surface area (Å²) in [5.74, 6) is 0. The zero-order chi connectivity index (χ0) is 19.6. The summed E-state index contributed by atoms with van der Waals surface area (Å²) in [6.45, 7) is 0.302. The Morgan fingerprint density at radius 3 is 2.33 bits per heavy atom. The van der Waals surface area contributed by atoms with Crippen LogP contribution in [0.2, 0.25) is 0 Å². The van der Waals surface area contributed by atoms with Crippen molar-refractivity contribution in [1.82, 2.24) is 5.32 Å². The first kappa shape index (κ1) is 20.2. The molecule has 0 spiro atoms. The maximum atomic E-state index is 11.6. The molecule has 0 aliphatic carbocycles. The number of rotatable bonds is 8. The van der Waals surface area contributed by atoms with Crippen molar-refractivity contribution >= 4 is 17.8 Å². The van der Waals surface area contributed by atoms with Crippen LogP contribution < -0.4 is 16.4 Å². The van der Waals surface area contributed by atoms with Crippen molar-refractivity contribution in [1.29, 1.82) is 0 Å². The van der Waals surface area contributed by atoms with Gasteiger partial charge in [0.05, 0.1) is 6.10 Å². The molecule has 0 aliphatic rings. The minimum absolute atomic E-state index is 0.142. The van der Waals surface area contributed by atoms with Crippen LogP contribution >= 0.6 is 0 Å². The summed E-state index contributed by atoms with van der Waals surface area (Å²) < 4.78 is 5.06. The number of nitrogens with two attached hydrogens (primary N) is 1. The molecular weight excluding hydrogens is 350 g/mol. The van der Waals surface area contributed by atoms with Gasteiger partial charge in [-0.15, -0.1) is 0 Å². The molecule has 0 aliphatic heterocycles. The molecule has 27 heavy (non-hydrogen) atoms. The molecule has 2 aromatic rings. The van der Waals surface area contributed by atoms with Crippen molar-refractivity contribution in [3.05, 3.63) is 65.7 Å². The third kappa shape index (κ3) is 6.96. The Kier molecular flexibility index (Phi) is 7.60. The van der Waals surface area contributed by atoms with E-state index >= 15 is 0 Å². The lowest BCUT2D eigenvalue weighted by Gasteiger charge is -2.18. The number of anilines is 1. The quantitative estimate of drug-likeness (QED) is 0.482. The summed E-state index contributed by atoms with van der Waals surface area (Å²) in [6.07, 6.45) is -2.66. The molecule has 2 rings (SSSR count). The molecule has 0 saturated heterocycles. The summed E-state index contributed by atoms with van der Waals surface area (Å²) in [6, 6.07) is 14.9. The molecule has 8 nitrogen and oxygen atoms in total. The number of aliphatic hydroxyl groups excluding tert-OH is 2. The normalized spacial score (nSPS) is 12.7. The first-order valence-corrected chi connectivity index (χ1v) is 8.43. The zero-order valence-electron chi connectivity index (χ0n) is 14.7. The number of ether oxygens (including phenoxy) is 1. The van der Waals surface area contributed by atoms with Gasteiger partial charge in [-0.2, -0.15) is 0 Å². The van der Waals surface area contributed by atoms with Crippen LogP contribution in [0.5, 0.6) is 0 Å². The van der Waals surface area contributed by atoms with Gasteiger partial charge in [0.2, 0.25) is 0 Å². The second kappa shape index (κ2) is 10.1. The molecule has 2 atom stereocenters. The number of alkyl carbamates (subject to hydrolysis) is 1. The summed E-state index contributed by atoms with van der Waals surface area (Å²) in [5.41, 5.74) is 6.85. The summed E-state index contributed by atoms with van der Waals surface area (Å²) in [7, 11) is 0. The third-order valence-electron chi connectivity index (χ3n) is 3.81. The number of amides is 3. The highest BCUT2D eigenvalue weighted by atomic mass is 16.5. The first-order chi connectivity index (χ1) is 13.0. The average Bonchev–Trinajstić information content (AvgIpc) is 2.66. The van der Waals surface area contributed by atoms with E-state index in [-0.39, 0.29) is 19.6 Å². The Bertz CT molecular complexity index is 737. The maximum Gasteiger partial charge on any atom is 0.407 e. The highest BCUT2D eigenvalue weighted by molar-refractivity contribution is 5.87. The second-order valence-corrected chi connectivity index (χ2v) is 5.90. The van der Waals surface area contributed by atoms with Crippen LogP contribution in [0, 0.1) is 0 Å². The van der Waals surface area contributed by atoms with Gasteiger partial charge in [-0.25, -0.2) is 9.59 Å². The van der Waals surface area contributed by atoms with Gasteiger partial charge in [0, 0.05) is 12.2 Å². The van der Waals surface area contributed by atoms with Crippen LogP contribution in [0.3, 0.4) is 0 Å².